The number of nitrogens with one attached hydrogen (secondary N) is 2. The van der Waals surface area contributed by atoms with Crippen LogP contribution in [0, 0.1) is 12.3 Å². The van der Waals surface area contributed by atoms with Crippen LogP contribution in [0.1, 0.15) is 46.6 Å². The maximum atomic E-state index is 12.1. The van der Waals surface area contributed by atoms with Gasteiger partial charge in [-0.2, -0.15) is 0 Å². The first-order valence-electron chi connectivity index (χ1n) is 7.29. The Morgan fingerprint density at radius 1 is 1.09 bits per heavy atom. The molecule has 1 aromatic carbocycles. The summed E-state index contributed by atoms with van der Waals surface area (Å²) in [4.78, 5) is 24.1. The quantitative estimate of drug-likeness (QED) is 0.828. The molecule has 1 rings (SSSR count). The van der Waals surface area contributed by atoms with E-state index in [4.69, 9.17) is 11.6 Å². The van der Waals surface area contributed by atoms with E-state index in [9.17, 15) is 9.59 Å². The first-order valence-corrected chi connectivity index (χ1v) is 7.67. The molecule has 22 heavy (non-hydrogen) atoms. The first-order chi connectivity index (χ1) is 9.89. The van der Waals surface area contributed by atoms with Crippen molar-refractivity contribution in [3.05, 3.63) is 28.8 Å². The lowest BCUT2D eigenvalue weighted by atomic mass is 9.82. The van der Waals surface area contributed by atoms with Crippen LogP contribution in [0.3, 0.4) is 0 Å². The summed E-state index contributed by atoms with van der Waals surface area (Å²) in [6.45, 7) is 11.9. The summed E-state index contributed by atoms with van der Waals surface area (Å²) in [5.74, 6) is -1.33. The lowest BCUT2D eigenvalue weighted by Gasteiger charge is -2.33. The summed E-state index contributed by atoms with van der Waals surface area (Å²) in [5.41, 5.74) is 0.980. The molecule has 0 aliphatic heterocycles. The van der Waals surface area contributed by atoms with Crippen LogP contribution >= 0.6 is 11.6 Å². The van der Waals surface area contributed by atoms with E-state index < -0.39 is 17.4 Å². The molecule has 0 bridgehead atoms. The molecule has 0 atom stereocenters. The molecular formula is C17H25ClN2O2. The number of hydrogen-bond donors (Lipinski definition) is 2. The molecular weight excluding hydrogens is 300 g/mol. The zero-order valence-corrected chi connectivity index (χ0v) is 14.9. The van der Waals surface area contributed by atoms with E-state index in [0.29, 0.717) is 10.7 Å². The summed E-state index contributed by atoms with van der Waals surface area (Å²) < 4.78 is 0. The predicted octanol–water partition coefficient (Wildman–Crippen LogP) is 3.92. The van der Waals surface area contributed by atoms with E-state index in [1.165, 1.54) is 0 Å². The highest BCUT2D eigenvalue weighted by atomic mass is 35.5. The number of halogens is 1. The van der Waals surface area contributed by atoms with Gasteiger partial charge in [0.25, 0.3) is 0 Å². The van der Waals surface area contributed by atoms with Gasteiger partial charge in [0.1, 0.15) is 0 Å². The van der Waals surface area contributed by atoms with Crippen LogP contribution in [0.2, 0.25) is 5.02 Å². The number of aryl methyl sites for hydroxylation is 1. The van der Waals surface area contributed by atoms with Gasteiger partial charge in [-0.15, -0.1) is 0 Å². The fraction of sp³-hybridized carbons (Fsp3) is 0.529. The maximum Gasteiger partial charge on any atom is 0.313 e. The van der Waals surface area contributed by atoms with Crippen molar-refractivity contribution in [2.75, 3.05) is 5.32 Å². The summed E-state index contributed by atoms with van der Waals surface area (Å²) >= 11 is 5.91. The summed E-state index contributed by atoms with van der Waals surface area (Å²) in [7, 11) is 0. The second-order valence-corrected chi connectivity index (χ2v) is 7.93. The van der Waals surface area contributed by atoms with Gasteiger partial charge in [0.05, 0.1) is 0 Å². The van der Waals surface area contributed by atoms with Crippen molar-refractivity contribution in [1.82, 2.24) is 5.32 Å². The predicted molar refractivity (Wildman–Crippen MR) is 91.1 cm³/mol. The van der Waals surface area contributed by atoms with Gasteiger partial charge in [0.15, 0.2) is 0 Å². The number of rotatable bonds is 3. The Kier molecular flexibility index (Phi) is 5.63. The van der Waals surface area contributed by atoms with Gasteiger partial charge in [-0.1, -0.05) is 38.4 Å². The molecule has 5 heteroatoms. The van der Waals surface area contributed by atoms with Gasteiger partial charge in [0.2, 0.25) is 0 Å². The normalized spacial score (nSPS) is 12.0. The highest BCUT2D eigenvalue weighted by molar-refractivity contribution is 6.40. The van der Waals surface area contributed by atoms with Crippen LogP contribution in [-0.4, -0.2) is 17.4 Å². The third-order valence-corrected chi connectivity index (χ3v) is 3.31. The van der Waals surface area contributed by atoms with Crippen LogP contribution in [0.5, 0.6) is 0 Å². The molecule has 122 valence electrons. The second-order valence-electron chi connectivity index (χ2n) is 7.49. The monoisotopic (exact) mass is 324 g/mol. The van der Waals surface area contributed by atoms with Gasteiger partial charge < -0.3 is 10.6 Å². The van der Waals surface area contributed by atoms with Gasteiger partial charge >= 0.3 is 11.8 Å². The highest BCUT2D eigenvalue weighted by Gasteiger charge is 2.29. The van der Waals surface area contributed by atoms with E-state index in [1.54, 1.807) is 18.2 Å². The Labute approximate surface area is 137 Å². The lowest BCUT2D eigenvalue weighted by molar-refractivity contribution is -0.137. The fourth-order valence-corrected chi connectivity index (χ4v) is 2.81. The minimum Gasteiger partial charge on any atom is -0.343 e. The van der Waals surface area contributed by atoms with Crippen molar-refractivity contribution in [1.29, 1.82) is 0 Å². The average Bonchev–Trinajstić information content (AvgIpc) is 2.29. The molecule has 0 fully saturated rings. The van der Waals surface area contributed by atoms with E-state index >= 15 is 0 Å². The number of carbonyl (C=O) groups excluding carboxylic acids is 2. The molecule has 0 aliphatic rings. The SMILES string of the molecule is Cc1ccc(Cl)cc1NC(=O)C(=O)NC(C)(C)CC(C)(C)C. The van der Waals surface area contributed by atoms with Gasteiger partial charge in [-0.25, -0.2) is 0 Å². The lowest BCUT2D eigenvalue weighted by Crippen LogP contribution is -2.49. The molecule has 0 radical (unpaired) electrons. The number of hydrogen-bond acceptors (Lipinski definition) is 2. The van der Waals surface area contributed by atoms with E-state index in [0.717, 1.165) is 12.0 Å². The minimum atomic E-state index is -0.688. The Hall–Kier alpha value is -1.55. The highest BCUT2D eigenvalue weighted by Crippen LogP contribution is 2.26. The molecule has 0 saturated heterocycles. The summed E-state index contributed by atoms with van der Waals surface area (Å²) in [6, 6.07) is 5.15. The van der Waals surface area contributed by atoms with Crippen molar-refractivity contribution in [3.63, 3.8) is 0 Å². The van der Waals surface area contributed by atoms with Crippen molar-refractivity contribution in [2.45, 2.75) is 53.5 Å². The average molecular weight is 325 g/mol. The van der Waals surface area contributed by atoms with Gasteiger partial charge in [-0.3, -0.25) is 9.59 Å². The van der Waals surface area contributed by atoms with Crippen molar-refractivity contribution >= 4 is 29.1 Å². The maximum absolute atomic E-state index is 12.1. The van der Waals surface area contributed by atoms with Crippen LogP contribution in [-0.2, 0) is 9.59 Å². The molecule has 0 heterocycles. The number of carbonyl (C=O) groups is 2. The summed E-state index contributed by atoms with van der Waals surface area (Å²) in [5, 5.41) is 5.89. The Bertz CT molecular complexity index is 575. The molecule has 2 N–H and O–H groups in total. The van der Waals surface area contributed by atoms with Crippen LogP contribution in [0.15, 0.2) is 18.2 Å². The Morgan fingerprint density at radius 3 is 2.23 bits per heavy atom. The van der Waals surface area contributed by atoms with E-state index in [-0.39, 0.29) is 5.41 Å². The van der Waals surface area contributed by atoms with Gasteiger partial charge in [-0.05, 0) is 50.3 Å². The van der Waals surface area contributed by atoms with Crippen molar-refractivity contribution in [2.24, 2.45) is 5.41 Å². The Morgan fingerprint density at radius 2 is 1.68 bits per heavy atom. The zero-order chi connectivity index (χ0) is 17.1. The fourth-order valence-electron chi connectivity index (χ4n) is 2.64. The number of amides is 2. The molecule has 0 saturated carbocycles. The Balaban J connectivity index is 2.73. The third kappa shape index (κ3) is 6.06. The smallest absolute Gasteiger partial charge is 0.313 e. The molecule has 0 spiro atoms. The molecule has 2 amide bonds. The minimum absolute atomic E-state index is 0.0524. The van der Waals surface area contributed by atoms with E-state index in [2.05, 4.69) is 31.4 Å². The number of benzene rings is 1. The standard InChI is InChI=1S/C17H25ClN2O2/c1-11-7-8-12(18)9-13(11)19-14(21)15(22)20-17(5,6)10-16(2,3)4/h7-9H,10H2,1-6H3,(H,19,21)(H,20,22). The molecule has 0 unspecified atom stereocenters. The topological polar surface area (TPSA) is 58.2 Å². The molecule has 0 aromatic heterocycles. The second kappa shape index (κ2) is 6.69. The van der Waals surface area contributed by atoms with Crippen LogP contribution in [0.4, 0.5) is 5.69 Å². The molecule has 4 nitrogen and oxygen atoms in total. The largest absolute Gasteiger partial charge is 0.343 e. The first kappa shape index (κ1) is 18.5. The third-order valence-electron chi connectivity index (χ3n) is 3.08. The van der Waals surface area contributed by atoms with E-state index in [1.807, 2.05) is 20.8 Å². The zero-order valence-electron chi connectivity index (χ0n) is 14.1. The molecule has 0 aliphatic carbocycles. The van der Waals surface area contributed by atoms with Crippen LogP contribution in [0.25, 0.3) is 0 Å². The summed E-state index contributed by atoms with van der Waals surface area (Å²) in [6.07, 6.45) is 0.759. The van der Waals surface area contributed by atoms with Crippen molar-refractivity contribution in [3.8, 4) is 0 Å². The van der Waals surface area contributed by atoms with Crippen LogP contribution < -0.4 is 10.6 Å². The van der Waals surface area contributed by atoms with Crippen molar-refractivity contribution < 1.29 is 9.59 Å². The molecule has 1 aromatic rings. The van der Waals surface area contributed by atoms with Gasteiger partial charge in [0, 0.05) is 16.2 Å². The number of anilines is 1.